The fourth-order valence-corrected chi connectivity index (χ4v) is 2.76. The highest BCUT2D eigenvalue weighted by Crippen LogP contribution is 2.21. The van der Waals surface area contributed by atoms with E-state index in [4.69, 9.17) is 21.1 Å². The summed E-state index contributed by atoms with van der Waals surface area (Å²) in [5, 5.41) is 0.111. The summed E-state index contributed by atoms with van der Waals surface area (Å²) in [4.78, 5) is 12.0. The first-order chi connectivity index (χ1) is 11.8. The van der Waals surface area contributed by atoms with Gasteiger partial charge in [-0.25, -0.2) is 17.6 Å². The van der Waals surface area contributed by atoms with Gasteiger partial charge in [-0.3, -0.25) is 0 Å². The lowest BCUT2D eigenvalue weighted by Gasteiger charge is -2.09. The highest BCUT2D eigenvalue weighted by molar-refractivity contribution is 7.90. The molecule has 0 fully saturated rings. The molecule has 5 nitrogen and oxygen atoms in total. The summed E-state index contributed by atoms with van der Waals surface area (Å²) in [5.41, 5.74) is -0.0101. The fourth-order valence-electron chi connectivity index (χ4n) is 1.91. The van der Waals surface area contributed by atoms with Crippen LogP contribution in [0.5, 0.6) is 5.75 Å². The monoisotopic (exact) mass is 386 g/mol. The van der Waals surface area contributed by atoms with Crippen molar-refractivity contribution in [1.82, 2.24) is 0 Å². The summed E-state index contributed by atoms with van der Waals surface area (Å²) in [6.45, 7) is 0.343. The van der Waals surface area contributed by atoms with E-state index in [0.29, 0.717) is 12.2 Å². The van der Waals surface area contributed by atoms with Crippen LogP contribution in [0.4, 0.5) is 4.39 Å². The summed E-state index contributed by atoms with van der Waals surface area (Å²) in [5.74, 6) is -0.552. The van der Waals surface area contributed by atoms with Gasteiger partial charge in [-0.15, -0.1) is 0 Å². The number of esters is 1. The lowest BCUT2D eigenvalue weighted by atomic mass is 10.2. The lowest BCUT2D eigenvalue weighted by Crippen LogP contribution is -2.11. The van der Waals surface area contributed by atoms with Crippen LogP contribution in [0.3, 0.4) is 0 Å². The number of halogens is 2. The van der Waals surface area contributed by atoms with Crippen molar-refractivity contribution >= 4 is 27.4 Å². The van der Waals surface area contributed by atoms with Crippen molar-refractivity contribution in [3.63, 3.8) is 0 Å². The highest BCUT2D eigenvalue weighted by atomic mass is 35.5. The molecule has 0 aromatic heterocycles. The molecule has 25 heavy (non-hydrogen) atoms. The Morgan fingerprint density at radius 2 is 1.80 bits per heavy atom. The summed E-state index contributed by atoms with van der Waals surface area (Å²) >= 11 is 5.92. The van der Waals surface area contributed by atoms with Gasteiger partial charge < -0.3 is 9.47 Å². The van der Waals surface area contributed by atoms with E-state index in [2.05, 4.69) is 0 Å². The standard InChI is InChI=1S/C17H16ClFO5S/c1-25(21,22)14-7-8-16(18)15(11-14)17(20)24-10-2-9-23-13-5-3-12(19)4-6-13/h3-8,11H,2,9-10H2,1H3. The Balaban J connectivity index is 1.85. The van der Waals surface area contributed by atoms with Crippen LogP contribution < -0.4 is 4.74 Å². The average Bonchev–Trinajstić information content (AvgIpc) is 2.55. The van der Waals surface area contributed by atoms with E-state index in [-0.39, 0.29) is 34.5 Å². The minimum absolute atomic E-state index is 0.0101. The van der Waals surface area contributed by atoms with Crippen molar-refractivity contribution in [2.24, 2.45) is 0 Å². The second-order valence-corrected chi connectivity index (χ2v) is 7.63. The van der Waals surface area contributed by atoms with Crippen molar-refractivity contribution in [3.05, 3.63) is 58.9 Å². The topological polar surface area (TPSA) is 69.7 Å². The fraction of sp³-hybridized carbons (Fsp3) is 0.235. The molecule has 0 atom stereocenters. The Hall–Kier alpha value is -2.12. The predicted molar refractivity (Wildman–Crippen MR) is 91.4 cm³/mol. The number of hydrogen-bond acceptors (Lipinski definition) is 5. The van der Waals surface area contributed by atoms with Crippen LogP contribution in [0.1, 0.15) is 16.8 Å². The van der Waals surface area contributed by atoms with Crippen molar-refractivity contribution in [3.8, 4) is 5.75 Å². The Labute approximate surface area is 150 Å². The third kappa shape index (κ3) is 5.72. The van der Waals surface area contributed by atoms with E-state index in [0.717, 1.165) is 6.26 Å². The molecule has 0 radical (unpaired) electrons. The molecule has 0 saturated carbocycles. The number of carbonyl (C=O) groups excluding carboxylic acids is 1. The van der Waals surface area contributed by atoms with E-state index >= 15 is 0 Å². The second-order valence-electron chi connectivity index (χ2n) is 5.21. The third-order valence-corrected chi connectivity index (χ3v) is 4.63. The SMILES string of the molecule is CS(=O)(=O)c1ccc(Cl)c(C(=O)OCCCOc2ccc(F)cc2)c1. The summed E-state index contributed by atoms with van der Waals surface area (Å²) in [6.07, 6.45) is 1.45. The molecule has 0 unspecified atom stereocenters. The first-order valence-corrected chi connectivity index (χ1v) is 9.59. The van der Waals surface area contributed by atoms with Gasteiger partial charge in [0.25, 0.3) is 0 Å². The van der Waals surface area contributed by atoms with Gasteiger partial charge in [0.15, 0.2) is 9.84 Å². The maximum Gasteiger partial charge on any atom is 0.339 e. The lowest BCUT2D eigenvalue weighted by molar-refractivity contribution is 0.0486. The van der Waals surface area contributed by atoms with Gasteiger partial charge in [0, 0.05) is 12.7 Å². The number of benzene rings is 2. The molecule has 0 bridgehead atoms. The van der Waals surface area contributed by atoms with Crippen molar-refractivity contribution in [1.29, 1.82) is 0 Å². The maximum atomic E-state index is 12.8. The van der Waals surface area contributed by atoms with Gasteiger partial charge in [0.1, 0.15) is 11.6 Å². The number of rotatable bonds is 7. The van der Waals surface area contributed by atoms with Gasteiger partial charge in [0.2, 0.25) is 0 Å². The van der Waals surface area contributed by atoms with Crippen LogP contribution >= 0.6 is 11.6 Å². The molecule has 0 spiro atoms. The maximum absolute atomic E-state index is 12.8. The number of carbonyl (C=O) groups is 1. The van der Waals surface area contributed by atoms with E-state index in [1.807, 2.05) is 0 Å². The molecular weight excluding hydrogens is 371 g/mol. The molecule has 0 aliphatic carbocycles. The molecule has 2 aromatic rings. The zero-order valence-corrected chi connectivity index (χ0v) is 14.9. The Bertz CT molecular complexity index is 850. The number of sulfone groups is 1. The van der Waals surface area contributed by atoms with Gasteiger partial charge in [-0.1, -0.05) is 11.6 Å². The first-order valence-electron chi connectivity index (χ1n) is 7.32. The number of hydrogen-bond donors (Lipinski definition) is 0. The molecule has 2 rings (SSSR count). The Morgan fingerprint density at radius 3 is 2.44 bits per heavy atom. The summed E-state index contributed by atoms with van der Waals surface area (Å²) < 4.78 is 46.3. The smallest absolute Gasteiger partial charge is 0.339 e. The van der Waals surface area contributed by atoms with Gasteiger partial charge in [0.05, 0.1) is 28.7 Å². The molecule has 0 N–H and O–H groups in total. The minimum Gasteiger partial charge on any atom is -0.493 e. The molecule has 0 saturated heterocycles. The molecule has 0 amide bonds. The molecule has 2 aromatic carbocycles. The third-order valence-electron chi connectivity index (χ3n) is 3.19. The van der Waals surface area contributed by atoms with Gasteiger partial charge in [-0.2, -0.15) is 0 Å². The van der Waals surface area contributed by atoms with E-state index in [9.17, 15) is 17.6 Å². The van der Waals surface area contributed by atoms with E-state index < -0.39 is 15.8 Å². The largest absolute Gasteiger partial charge is 0.493 e. The van der Waals surface area contributed by atoms with Crippen LogP contribution in [-0.4, -0.2) is 33.9 Å². The summed E-state index contributed by atoms with van der Waals surface area (Å²) in [7, 11) is -3.45. The van der Waals surface area contributed by atoms with E-state index in [1.54, 1.807) is 0 Å². The normalized spacial score (nSPS) is 11.2. The molecule has 0 aliphatic heterocycles. The van der Waals surface area contributed by atoms with Crippen molar-refractivity contribution < 1.29 is 27.1 Å². The molecule has 0 heterocycles. The van der Waals surface area contributed by atoms with E-state index in [1.165, 1.54) is 42.5 Å². The molecular formula is C17H16ClFO5S. The Kier molecular flexibility index (Phi) is 6.39. The first kappa shape index (κ1) is 19.2. The number of ether oxygens (including phenoxy) is 2. The van der Waals surface area contributed by atoms with Crippen LogP contribution in [0.15, 0.2) is 47.4 Å². The zero-order chi connectivity index (χ0) is 18.4. The quantitative estimate of drug-likeness (QED) is 0.538. The van der Waals surface area contributed by atoms with Crippen LogP contribution in [0, 0.1) is 5.82 Å². The van der Waals surface area contributed by atoms with Crippen LogP contribution in [-0.2, 0) is 14.6 Å². The summed E-state index contributed by atoms with van der Waals surface area (Å²) in [6, 6.07) is 9.42. The van der Waals surface area contributed by atoms with Gasteiger partial charge in [-0.05, 0) is 42.5 Å². The molecule has 8 heteroatoms. The molecule has 134 valence electrons. The van der Waals surface area contributed by atoms with Crippen molar-refractivity contribution in [2.75, 3.05) is 19.5 Å². The van der Waals surface area contributed by atoms with Crippen LogP contribution in [0.25, 0.3) is 0 Å². The Morgan fingerprint density at radius 1 is 1.12 bits per heavy atom. The van der Waals surface area contributed by atoms with Gasteiger partial charge >= 0.3 is 5.97 Å². The predicted octanol–water partition coefficient (Wildman–Crippen LogP) is 3.51. The minimum atomic E-state index is -3.45. The zero-order valence-electron chi connectivity index (χ0n) is 13.4. The molecule has 0 aliphatic rings. The second kappa shape index (κ2) is 8.31. The highest BCUT2D eigenvalue weighted by Gasteiger charge is 2.16. The van der Waals surface area contributed by atoms with Crippen molar-refractivity contribution in [2.45, 2.75) is 11.3 Å². The van der Waals surface area contributed by atoms with Crippen LogP contribution in [0.2, 0.25) is 5.02 Å². The average molecular weight is 387 g/mol.